The maximum absolute atomic E-state index is 10.4. The van der Waals surface area contributed by atoms with E-state index in [0.717, 1.165) is 0 Å². The summed E-state index contributed by atoms with van der Waals surface area (Å²) in [6.07, 6.45) is 1.51. The van der Waals surface area contributed by atoms with Crippen LogP contribution in [0.3, 0.4) is 0 Å². The van der Waals surface area contributed by atoms with Gasteiger partial charge in [-0.05, 0) is 6.92 Å². The van der Waals surface area contributed by atoms with Crippen LogP contribution >= 0.6 is 0 Å². The molecule has 0 fully saturated rings. The van der Waals surface area contributed by atoms with E-state index in [1.165, 1.54) is 13.0 Å². The number of hydrogen-bond donors (Lipinski definition) is 1. The van der Waals surface area contributed by atoms with Crippen molar-refractivity contribution in [3.8, 4) is 0 Å². The Bertz CT molecular complexity index is 217. The summed E-state index contributed by atoms with van der Waals surface area (Å²) in [7, 11) is -3.94. The topological polar surface area (TPSA) is 63.6 Å². The second kappa shape index (κ2) is 7.06. The van der Waals surface area contributed by atoms with Crippen LogP contribution in [0.5, 0.6) is 0 Å². The third-order valence-corrected chi connectivity index (χ3v) is 2.25. The van der Waals surface area contributed by atoms with Crippen LogP contribution < -0.4 is 29.6 Å². The Kier molecular flexibility index (Phi) is 8.88. The summed E-state index contributed by atoms with van der Waals surface area (Å²) in [5, 5.41) is -0.873. The molecule has 0 bridgehead atoms. The average Bonchev–Trinajstić information content (AvgIpc) is 1.86. The van der Waals surface area contributed by atoms with Gasteiger partial charge in [0.25, 0.3) is 10.1 Å². The van der Waals surface area contributed by atoms with Crippen LogP contribution in [0.4, 0.5) is 0 Å². The number of hydrogen-bond acceptors (Lipinski definition) is 3. The smallest absolute Gasteiger partial charge is 1.00 e. The van der Waals surface area contributed by atoms with E-state index in [1.54, 1.807) is 0 Å². The summed E-state index contributed by atoms with van der Waals surface area (Å²) >= 11 is 0. The van der Waals surface area contributed by atoms with Gasteiger partial charge in [0, 0.05) is 0 Å². The van der Waals surface area contributed by atoms with E-state index in [-0.39, 0.29) is 37.6 Å². The molecule has 0 aliphatic rings. The normalized spacial score (nSPS) is 13.2. The Balaban J connectivity index is -0.000000500. The zero-order valence-corrected chi connectivity index (χ0v) is 10.2. The molecule has 0 aromatic heterocycles. The summed E-state index contributed by atoms with van der Waals surface area (Å²) < 4.78 is 34.0. The molecule has 0 aliphatic carbocycles. The number of rotatable bonds is 5. The molecule has 68 valence electrons. The van der Waals surface area contributed by atoms with Gasteiger partial charge in [-0.25, -0.2) is 0 Å². The molecule has 1 unspecified atom stereocenters. The Labute approximate surface area is 96.5 Å². The van der Waals surface area contributed by atoms with Crippen molar-refractivity contribution in [2.45, 2.75) is 12.2 Å². The molecule has 6 heteroatoms. The fourth-order valence-corrected chi connectivity index (χ4v) is 0.672. The van der Waals surface area contributed by atoms with Gasteiger partial charge in [0.15, 0.2) is 0 Å². The molecule has 0 aromatic carbocycles. The molecule has 0 spiro atoms. The molecule has 0 aliphatic heterocycles. The van der Waals surface area contributed by atoms with Gasteiger partial charge in [-0.15, -0.1) is 6.58 Å². The van der Waals surface area contributed by atoms with Gasteiger partial charge in [-0.1, -0.05) is 6.08 Å². The maximum Gasteiger partial charge on any atom is 1.00 e. The second-order valence-corrected chi connectivity index (χ2v) is 3.99. The van der Waals surface area contributed by atoms with Crippen LogP contribution in [0, 0.1) is 0 Å². The van der Waals surface area contributed by atoms with E-state index >= 15 is 0 Å². The summed E-state index contributed by atoms with van der Waals surface area (Å²) in [5.41, 5.74) is 0. The van der Waals surface area contributed by atoms with Gasteiger partial charge in [0.2, 0.25) is 0 Å². The molecule has 1 N–H and O–H groups in total. The number of ether oxygens (including phenoxy) is 1. The summed E-state index contributed by atoms with van der Waals surface area (Å²) in [6.45, 7) is 5.04. The SMILES string of the molecule is C=CCOCC(C)S(=O)(=O)O.[H-].[Na+]. The van der Waals surface area contributed by atoms with E-state index in [0.29, 0.717) is 6.61 Å². The standard InChI is InChI=1S/C6H12O4S.Na.H/c1-3-4-10-5-6(2)11(7,8)9;;/h3,6H,1,4-5H2,2H3,(H,7,8,9);;/q;+1;-1. The van der Waals surface area contributed by atoms with E-state index in [1.807, 2.05) is 0 Å². The van der Waals surface area contributed by atoms with Crippen molar-refractivity contribution in [1.82, 2.24) is 0 Å². The fourth-order valence-electron chi connectivity index (χ4n) is 0.403. The molecule has 12 heavy (non-hydrogen) atoms. The predicted molar refractivity (Wildman–Crippen MR) is 43.1 cm³/mol. The summed E-state index contributed by atoms with van der Waals surface area (Å²) in [5.74, 6) is 0. The van der Waals surface area contributed by atoms with Crippen LogP contribution in [0.25, 0.3) is 0 Å². The van der Waals surface area contributed by atoms with Gasteiger partial charge in [0.1, 0.15) is 5.25 Å². The average molecular weight is 204 g/mol. The minimum Gasteiger partial charge on any atom is -1.00 e. The second-order valence-electron chi connectivity index (χ2n) is 2.15. The first-order valence-corrected chi connectivity index (χ1v) is 4.63. The van der Waals surface area contributed by atoms with Crippen molar-refractivity contribution in [1.29, 1.82) is 0 Å². The Morgan fingerprint density at radius 3 is 2.58 bits per heavy atom. The zero-order valence-electron chi connectivity index (χ0n) is 8.36. The van der Waals surface area contributed by atoms with Crippen molar-refractivity contribution in [3.05, 3.63) is 12.7 Å². The molecule has 0 heterocycles. The van der Waals surface area contributed by atoms with Crippen molar-refractivity contribution >= 4 is 10.1 Å². The molecule has 0 radical (unpaired) electrons. The molecular formula is C6H13NaO4S. The molecular weight excluding hydrogens is 191 g/mol. The fraction of sp³-hybridized carbons (Fsp3) is 0.667. The van der Waals surface area contributed by atoms with Crippen LogP contribution in [0.1, 0.15) is 8.35 Å². The van der Waals surface area contributed by atoms with Gasteiger partial charge in [-0.2, -0.15) is 8.42 Å². The van der Waals surface area contributed by atoms with Gasteiger partial charge in [0.05, 0.1) is 13.2 Å². The maximum atomic E-state index is 10.4. The Morgan fingerprint density at radius 2 is 2.25 bits per heavy atom. The summed E-state index contributed by atoms with van der Waals surface area (Å²) in [4.78, 5) is 0. The van der Waals surface area contributed by atoms with Crippen LogP contribution in [-0.4, -0.2) is 31.4 Å². The van der Waals surface area contributed by atoms with Crippen molar-refractivity contribution in [2.24, 2.45) is 0 Å². The van der Waals surface area contributed by atoms with Crippen molar-refractivity contribution in [2.75, 3.05) is 13.2 Å². The molecule has 0 rings (SSSR count). The van der Waals surface area contributed by atoms with Crippen LogP contribution in [0.2, 0.25) is 0 Å². The van der Waals surface area contributed by atoms with E-state index < -0.39 is 15.4 Å². The van der Waals surface area contributed by atoms with E-state index in [4.69, 9.17) is 9.29 Å². The largest absolute Gasteiger partial charge is 1.00 e. The van der Waals surface area contributed by atoms with Crippen molar-refractivity contribution in [3.63, 3.8) is 0 Å². The third kappa shape index (κ3) is 7.27. The van der Waals surface area contributed by atoms with E-state index in [2.05, 4.69) is 6.58 Å². The molecule has 4 nitrogen and oxygen atoms in total. The predicted octanol–water partition coefficient (Wildman–Crippen LogP) is -2.42. The molecule has 1 atom stereocenters. The third-order valence-electron chi connectivity index (χ3n) is 1.10. The Morgan fingerprint density at radius 1 is 1.75 bits per heavy atom. The first-order chi connectivity index (χ1) is 4.98. The van der Waals surface area contributed by atoms with E-state index in [9.17, 15) is 8.42 Å². The molecule has 0 saturated heterocycles. The first-order valence-electron chi connectivity index (χ1n) is 3.13. The van der Waals surface area contributed by atoms with Gasteiger partial charge in [-0.3, -0.25) is 4.55 Å². The molecule has 0 aromatic rings. The monoisotopic (exact) mass is 204 g/mol. The van der Waals surface area contributed by atoms with Crippen LogP contribution in [0.15, 0.2) is 12.7 Å². The quantitative estimate of drug-likeness (QED) is 0.234. The summed E-state index contributed by atoms with van der Waals surface area (Å²) in [6, 6.07) is 0. The molecule has 0 amide bonds. The minimum atomic E-state index is -3.94. The zero-order chi connectivity index (χ0) is 8.91. The molecule has 0 saturated carbocycles. The van der Waals surface area contributed by atoms with Crippen LogP contribution in [-0.2, 0) is 14.9 Å². The minimum absolute atomic E-state index is 0. The van der Waals surface area contributed by atoms with Crippen molar-refractivity contribution < 1.29 is 48.7 Å². The first kappa shape index (κ1) is 15.1. The van der Waals surface area contributed by atoms with Gasteiger partial charge < -0.3 is 6.16 Å². The Hall–Kier alpha value is 0.610. The van der Waals surface area contributed by atoms with Gasteiger partial charge >= 0.3 is 29.6 Å².